The Balaban J connectivity index is 1.94. The molecule has 4 heteroatoms. The third-order valence-corrected chi connectivity index (χ3v) is 3.03. The van der Waals surface area contributed by atoms with Gasteiger partial charge in [-0.05, 0) is 35.9 Å². The molecule has 20 heavy (non-hydrogen) atoms. The fraction of sp³-hybridized carbons (Fsp3) is 0.125. The molecule has 0 aliphatic rings. The van der Waals surface area contributed by atoms with E-state index in [-0.39, 0.29) is 0 Å². The van der Waals surface area contributed by atoms with Gasteiger partial charge in [-0.3, -0.25) is 0 Å². The van der Waals surface area contributed by atoms with Gasteiger partial charge < -0.3 is 10.5 Å². The lowest BCUT2D eigenvalue weighted by atomic mass is 10.1. The maximum Gasteiger partial charge on any atom is 0.322 e. The average Bonchev–Trinajstić information content (AvgIpc) is 2.46. The molecule has 3 rings (SSSR count). The molecule has 0 saturated heterocycles. The predicted molar refractivity (Wildman–Crippen MR) is 78.7 cm³/mol. The van der Waals surface area contributed by atoms with Gasteiger partial charge in [0.2, 0.25) is 0 Å². The highest BCUT2D eigenvalue weighted by atomic mass is 16.5. The molecule has 0 atom stereocenters. The second kappa shape index (κ2) is 5.27. The first-order chi connectivity index (χ1) is 9.74. The van der Waals surface area contributed by atoms with E-state index >= 15 is 0 Å². The number of nitrogens with zero attached hydrogens (tertiary/aromatic N) is 2. The zero-order valence-electron chi connectivity index (χ0n) is 11.2. The Kier molecular flexibility index (Phi) is 3.31. The van der Waals surface area contributed by atoms with Crippen molar-refractivity contribution in [3.63, 3.8) is 0 Å². The number of aryl methyl sites for hydroxylation is 1. The normalized spacial score (nSPS) is 10.7. The van der Waals surface area contributed by atoms with Crippen LogP contribution in [0, 0.1) is 6.92 Å². The number of aromatic nitrogens is 2. The molecule has 0 aliphatic heterocycles. The Bertz CT molecular complexity index is 756. The third kappa shape index (κ3) is 2.60. The van der Waals surface area contributed by atoms with Crippen LogP contribution in [0.1, 0.15) is 11.4 Å². The monoisotopic (exact) mass is 265 g/mol. The SMILES string of the molecule is Cc1cc(CN)nc(Oc2ccc3ccccc3c2)n1. The Morgan fingerprint density at radius 2 is 1.80 bits per heavy atom. The van der Waals surface area contributed by atoms with Crippen LogP contribution < -0.4 is 10.5 Å². The minimum absolute atomic E-state index is 0.334. The lowest BCUT2D eigenvalue weighted by Gasteiger charge is -2.07. The van der Waals surface area contributed by atoms with Crippen LogP contribution in [0.5, 0.6) is 11.8 Å². The van der Waals surface area contributed by atoms with Gasteiger partial charge in [0, 0.05) is 12.2 Å². The molecule has 4 nitrogen and oxygen atoms in total. The van der Waals surface area contributed by atoms with E-state index in [9.17, 15) is 0 Å². The summed E-state index contributed by atoms with van der Waals surface area (Å²) in [4.78, 5) is 8.54. The van der Waals surface area contributed by atoms with Crippen molar-refractivity contribution in [1.29, 1.82) is 0 Å². The van der Waals surface area contributed by atoms with Crippen LogP contribution >= 0.6 is 0 Å². The summed E-state index contributed by atoms with van der Waals surface area (Å²) < 4.78 is 5.73. The van der Waals surface area contributed by atoms with Crippen molar-refractivity contribution >= 4 is 10.8 Å². The van der Waals surface area contributed by atoms with Gasteiger partial charge in [-0.15, -0.1) is 0 Å². The zero-order chi connectivity index (χ0) is 13.9. The van der Waals surface area contributed by atoms with Crippen LogP contribution in [0.15, 0.2) is 48.5 Å². The van der Waals surface area contributed by atoms with E-state index in [1.54, 1.807) is 0 Å². The molecule has 0 spiro atoms. The molecule has 3 aromatic rings. The molecule has 2 aromatic carbocycles. The standard InChI is InChI=1S/C16H15N3O/c1-11-8-14(10-17)19-16(18-11)20-15-7-6-12-4-2-3-5-13(12)9-15/h2-9H,10,17H2,1H3. The van der Waals surface area contributed by atoms with Gasteiger partial charge in [0.25, 0.3) is 0 Å². The summed E-state index contributed by atoms with van der Waals surface area (Å²) in [7, 11) is 0. The van der Waals surface area contributed by atoms with E-state index in [2.05, 4.69) is 16.0 Å². The summed E-state index contributed by atoms with van der Waals surface area (Å²) in [6.07, 6.45) is 0. The van der Waals surface area contributed by atoms with Crippen LogP contribution in [0.2, 0.25) is 0 Å². The maximum absolute atomic E-state index is 5.73. The fourth-order valence-corrected chi connectivity index (χ4v) is 2.09. The molecular formula is C16H15N3O. The molecular weight excluding hydrogens is 250 g/mol. The minimum atomic E-state index is 0.334. The second-order valence-electron chi connectivity index (χ2n) is 4.60. The van der Waals surface area contributed by atoms with Gasteiger partial charge in [0.05, 0.1) is 5.69 Å². The number of fused-ring (bicyclic) bond motifs is 1. The molecule has 0 unspecified atom stereocenters. The van der Waals surface area contributed by atoms with Crippen molar-refractivity contribution in [2.75, 3.05) is 0 Å². The number of hydrogen-bond donors (Lipinski definition) is 1. The van der Waals surface area contributed by atoms with Gasteiger partial charge >= 0.3 is 6.01 Å². The smallest absolute Gasteiger partial charge is 0.322 e. The first-order valence-corrected chi connectivity index (χ1v) is 6.46. The summed E-state index contributed by atoms with van der Waals surface area (Å²) in [5, 5.41) is 2.30. The number of rotatable bonds is 3. The lowest BCUT2D eigenvalue weighted by Crippen LogP contribution is -2.03. The molecule has 0 amide bonds. The molecule has 0 bridgehead atoms. The molecule has 0 fully saturated rings. The zero-order valence-corrected chi connectivity index (χ0v) is 11.2. The molecule has 0 radical (unpaired) electrons. The Morgan fingerprint density at radius 3 is 2.60 bits per heavy atom. The van der Waals surface area contributed by atoms with Crippen molar-refractivity contribution in [3.8, 4) is 11.8 Å². The van der Waals surface area contributed by atoms with Gasteiger partial charge in [-0.25, -0.2) is 4.98 Å². The second-order valence-corrected chi connectivity index (χ2v) is 4.60. The van der Waals surface area contributed by atoms with E-state index in [0.29, 0.717) is 12.6 Å². The molecule has 100 valence electrons. The van der Waals surface area contributed by atoms with Crippen LogP contribution in [-0.4, -0.2) is 9.97 Å². The van der Waals surface area contributed by atoms with Gasteiger partial charge in [-0.2, -0.15) is 4.98 Å². The first kappa shape index (κ1) is 12.6. The van der Waals surface area contributed by atoms with Crippen LogP contribution in [-0.2, 0) is 6.54 Å². The topological polar surface area (TPSA) is 61.0 Å². The Morgan fingerprint density at radius 1 is 1.00 bits per heavy atom. The van der Waals surface area contributed by atoms with Gasteiger partial charge in [-0.1, -0.05) is 30.3 Å². The molecule has 0 saturated carbocycles. The average molecular weight is 265 g/mol. The van der Waals surface area contributed by atoms with E-state index in [0.717, 1.165) is 22.5 Å². The van der Waals surface area contributed by atoms with Crippen LogP contribution in [0.25, 0.3) is 10.8 Å². The Hall–Kier alpha value is -2.46. The largest absolute Gasteiger partial charge is 0.424 e. The fourth-order valence-electron chi connectivity index (χ4n) is 2.09. The molecule has 2 N–H and O–H groups in total. The van der Waals surface area contributed by atoms with Crippen molar-refractivity contribution < 1.29 is 4.74 Å². The summed E-state index contributed by atoms with van der Waals surface area (Å²) >= 11 is 0. The number of benzene rings is 2. The highest BCUT2D eigenvalue weighted by Crippen LogP contribution is 2.24. The maximum atomic E-state index is 5.73. The van der Waals surface area contributed by atoms with E-state index in [1.807, 2.05) is 49.4 Å². The summed E-state index contributed by atoms with van der Waals surface area (Å²) in [5.41, 5.74) is 7.22. The quantitative estimate of drug-likeness (QED) is 0.790. The van der Waals surface area contributed by atoms with Crippen molar-refractivity contribution in [1.82, 2.24) is 9.97 Å². The minimum Gasteiger partial charge on any atom is -0.424 e. The van der Waals surface area contributed by atoms with Gasteiger partial charge in [0.1, 0.15) is 5.75 Å². The molecule has 1 heterocycles. The summed E-state index contributed by atoms with van der Waals surface area (Å²) in [6, 6.07) is 16.2. The van der Waals surface area contributed by atoms with E-state index in [4.69, 9.17) is 10.5 Å². The third-order valence-electron chi connectivity index (χ3n) is 3.03. The van der Waals surface area contributed by atoms with Crippen molar-refractivity contribution in [2.45, 2.75) is 13.5 Å². The lowest BCUT2D eigenvalue weighted by molar-refractivity contribution is 0.438. The summed E-state index contributed by atoms with van der Waals surface area (Å²) in [6.45, 7) is 2.27. The Labute approximate surface area is 117 Å². The van der Waals surface area contributed by atoms with Gasteiger partial charge in [0.15, 0.2) is 0 Å². The summed E-state index contributed by atoms with van der Waals surface area (Å²) in [5.74, 6) is 0.720. The predicted octanol–water partition coefficient (Wildman–Crippen LogP) is 3.19. The molecule has 0 aliphatic carbocycles. The van der Waals surface area contributed by atoms with Crippen LogP contribution in [0.4, 0.5) is 0 Å². The van der Waals surface area contributed by atoms with E-state index < -0.39 is 0 Å². The number of ether oxygens (including phenoxy) is 1. The molecule has 1 aromatic heterocycles. The van der Waals surface area contributed by atoms with Crippen molar-refractivity contribution in [2.24, 2.45) is 5.73 Å². The van der Waals surface area contributed by atoms with E-state index in [1.165, 1.54) is 5.39 Å². The number of nitrogens with two attached hydrogens (primary N) is 1. The highest BCUT2D eigenvalue weighted by Gasteiger charge is 2.04. The number of hydrogen-bond acceptors (Lipinski definition) is 4. The first-order valence-electron chi connectivity index (χ1n) is 6.46. The van der Waals surface area contributed by atoms with Crippen molar-refractivity contribution in [3.05, 3.63) is 59.9 Å². The highest BCUT2D eigenvalue weighted by molar-refractivity contribution is 5.83. The van der Waals surface area contributed by atoms with Crippen LogP contribution in [0.3, 0.4) is 0 Å².